The first kappa shape index (κ1) is 15.4. The van der Waals surface area contributed by atoms with Gasteiger partial charge in [0.05, 0.1) is 30.7 Å². The molecule has 0 spiro atoms. The predicted octanol–water partition coefficient (Wildman–Crippen LogP) is 2.87. The van der Waals surface area contributed by atoms with E-state index in [2.05, 4.69) is 4.74 Å². The van der Waals surface area contributed by atoms with Crippen LogP contribution in [0.15, 0.2) is 21.3 Å². The predicted molar refractivity (Wildman–Crippen MR) is 79.1 cm³/mol. The maximum atomic E-state index is 12.0. The summed E-state index contributed by atoms with van der Waals surface area (Å²) in [5, 5.41) is 1.09. The van der Waals surface area contributed by atoms with Gasteiger partial charge in [-0.3, -0.25) is 4.79 Å². The van der Waals surface area contributed by atoms with E-state index in [1.807, 2.05) is 6.92 Å². The highest BCUT2D eigenvalue weighted by Gasteiger charge is 2.17. The summed E-state index contributed by atoms with van der Waals surface area (Å²) in [6.45, 7) is 4.03. The fourth-order valence-corrected chi connectivity index (χ4v) is 2.29. The van der Waals surface area contributed by atoms with Crippen LogP contribution in [0.5, 0.6) is 5.75 Å². The number of carbonyl (C=O) groups excluding carboxylic acids is 1. The average molecular weight is 311 g/mol. The molecule has 0 atom stereocenters. The molecule has 0 aliphatic carbocycles. The zero-order valence-electron chi connectivity index (χ0n) is 12.0. The summed E-state index contributed by atoms with van der Waals surface area (Å²) in [4.78, 5) is 23.4. The summed E-state index contributed by atoms with van der Waals surface area (Å²) in [5.74, 6) is -0.0447. The smallest absolute Gasteiger partial charge is 0.340 e. The molecule has 0 saturated heterocycles. The third-order valence-electron chi connectivity index (χ3n) is 3.19. The number of fused-ring (bicyclic) bond motifs is 1. The van der Waals surface area contributed by atoms with E-state index in [9.17, 15) is 9.59 Å². The SMILES string of the molecule is CCOc1cc2oc(=O)c(CC(=O)OC)c(C)c2cc1Cl. The highest BCUT2D eigenvalue weighted by atomic mass is 35.5. The Morgan fingerprint density at radius 1 is 1.38 bits per heavy atom. The largest absolute Gasteiger partial charge is 0.492 e. The monoisotopic (exact) mass is 310 g/mol. The Morgan fingerprint density at radius 2 is 2.10 bits per heavy atom. The van der Waals surface area contributed by atoms with Crippen LogP contribution in [0.2, 0.25) is 5.02 Å². The lowest BCUT2D eigenvalue weighted by molar-refractivity contribution is -0.139. The van der Waals surface area contributed by atoms with Gasteiger partial charge in [0.1, 0.15) is 11.3 Å². The molecule has 0 unspecified atom stereocenters. The highest BCUT2D eigenvalue weighted by molar-refractivity contribution is 6.32. The number of ether oxygens (including phenoxy) is 2. The fourth-order valence-electron chi connectivity index (χ4n) is 2.08. The Morgan fingerprint density at radius 3 is 2.71 bits per heavy atom. The van der Waals surface area contributed by atoms with E-state index in [-0.39, 0.29) is 12.0 Å². The summed E-state index contributed by atoms with van der Waals surface area (Å²) in [7, 11) is 1.27. The Labute approximate surface area is 126 Å². The molecule has 0 saturated carbocycles. The van der Waals surface area contributed by atoms with Crippen molar-refractivity contribution >= 4 is 28.5 Å². The van der Waals surface area contributed by atoms with Crippen LogP contribution in [-0.4, -0.2) is 19.7 Å². The van der Waals surface area contributed by atoms with E-state index in [1.54, 1.807) is 19.1 Å². The van der Waals surface area contributed by atoms with Gasteiger partial charge in [-0.2, -0.15) is 0 Å². The van der Waals surface area contributed by atoms with E-state index in [4.69, 9.17) is 20.8 Å². The first-order chi connectivity index (χ1) is 9.97. The summed E-state index contributed by atoms with van der Waals surface area (Å²) < 4.78 is 15.2. The Hall–Kier alpha value is -2.01. The molecule has 0 aliphatic heterocycles. The number of benzene rings is 1. The molecular formula is C15H15ClO5. The minimum Gasteiger partial charge on any atom is -0.492 e. The Balaban J connectivity index is 2.64. The minimum absolute atomic E-state index is 0.133. The van der Waals surface area contributed by atoms with Gasteiger partial charge in [0, 0.05) is 11.5 Å². The van der Waals surface area contributed by atoms with Gasteiger partial charge in [0.25, 0.3) is 0 Å². The molecule has 0 amide bonds. The van der Waals surface area contributed by atoms with Crippen molar-refractivity contribution in [2.75, 3.05) is 13.7 Å². The van der Waals surface area contributed by atoms with Gasteiger partial charge in [0.15, 0.2) is 0 Å². The number of carbonyl (C=O) groups is 1. The van der Waals surface area contributed by atoms with Crippen molar-refractivity contribution in [1.29, 1.82) is 0 Å². The molecule has 0 bridgehead atoms. The second-order valence-electron chi connectivity index (χ2n) is 4.46. The number of rotatable bonds is 4. The molecule has 0 radical (unpaired) electrons. The molecular weight excluding hydrogens is 296 g/mol. The van der Waals surface area contributed by atoms with Crippen LogP contribution in [0.4, 0.5) is 0 Å². The van der Waals surface area contributed by atoms with Gasteiger partial charge >= 0.3 is 11.6 Å². The van der Waals surface area contributed by atoms with E-state index in [0.717, 1.165) is 0 Å². The zero-order chi connectivity index (χ0) is 15.6. The maximum Gasteiger partial charge on any atom is 0.340 e. The molecule has 5 nitrogen and oxygen atoms in total. The first-order valence-electron chi connectivity index (χ1n) is 6.43. The van der Waals surface area contributed by atoms with Crippen LogP contribution in [-0.2, 0) is 16.0 Å². The molecule has 112 valence electrons. The zero-order valence-corrected chi connectivity index (χ0v) is 12.7. The van der Waals surface area contributed by atoms with Crippen molar-refractivity contribution in [2.24, 2.45) is 0 Å². The number of esters is 1. The molecule has 1 aromatic heterocycles. The Bertz CT molecular complexity index is 748. The summed E-state index contributed by atoms with van der Waals surface area (Å²) in [5.41, 5.74) is 0.736. The molecule has 1 heterocycles. The lowest BCUT2D eigenvalue weighted by Gasteiger charge is -2.10. The minimum atomic E-state index is -0.560. The van der Waals surface area contributed by atoms with Gasteiger partial charge < -0.3 is 13.9 Å². The third-order valence-corrected chi connectivity index (χ3v) is 3.48. The van der Waals surface area contributed by atoms with E-state index >= 15 is 0 Å². The van der Waals surface area contributed by atoms with Crippen molar-refractivity contribution in [1.82, 2.24) is 0 Å². The number of hydrogen-bond acceptors (Lipinski definition) is 5. The van der Waals surface area contributed by atoms with Crippen molar-refractivity contribution < 1.29 is 18.7 Å². The number of aryl methyl sites for hydroxylation is 1. The van der Waals surface area contributed by atoms with Gasteiger partial charge in [0.2, 0.25) is 0 Å². The van der Waals surface area contributed by atoms with Gasteiger partial charge in [-0.15, -0.1) is 0 Å². The van der Waals surface area contributed by atoms with E-state index < -0.39 is 11.6 Å². The summed E-state index contributed by atoms with van der Waals surface area (Å²) >= 11 is 6.14. The van der Waals surface area contributed by atoms with Gasteiger partial charge in [-0.05, 0) is 25.5 Å². The topological polar surface area (TPSA) is 65.7 Å². The van der Waals surface area contributed by atoms with E-state index in [1.165, 1.54) is 7.11 Å². The third kappa shape index (κ3) is 3.03. The molecule has 0 fully saturated rings. The van der Waals surface area contributed by atoms with Gasteiger partial charge in [-0.25, -0.2) is 4.79 Å². The van der Waals surface area contributed by atoms with Crippen LogP contribution < -0.4 is 10.4 Å². The van der Waals surface area contributed by atoms with Crippen LogP contribution in [0, 0.1) is 6.92 Å². The van der Waals surface area contributed by atoms with E-state index in [0.29, 0.717) is 33.9 Å². The normalized spacial score (nSPS) is 10.7. The van der Waals surface area contributed by atoms with Crippen molar-refractivity contribution in [3.8, 4) is 5.75 Å². The lowest BCUT2D eigenvalue weighted by Crippen LogP contribution is -2.16. The van der Waals surface area contributed by atoms with Crippen LogP contribution in [0.1, 0.15) is 18.1 Å². The van der Waals surface area contributed by atoms with Crippen molar-refractivity contribution in [3.05, 3.63) is 38.7 Å². The maximum absolute atomic E-state index is 12.0. The van der Waals surface area contributed by atoms with Crippen LogP contribution in [0.3, 0.4) is 0 Å². The first-order valence-corrected chi connectivity index (χ1v) is 6.81. The molecule has 0 N–H and O–H groups in total. The van der Waals surface area contributed by atoms with Crippen LogP contribution in [0.25, 0.3) is 11.0 Å². The molecule has 2 rings (SSSR count). The molecule has 21 heavy (non-hydrogen) atoms. The molecule has 0 aliphatic rings. The fraction of sp³-hybridized carbons (Fsp3) is 0.333. The molecule has 6 heteroatoms. The lowest BCUT2D eigenvalue weighted by atomic mass is 10.0. The van der Waals surface area contributed by atoms with Gasteiger partial charge in [-0.1, -0.05) is 11.6 Å². The number of halogens is 1. The number of hydrogen-bond donors (Lipinski definition) is 0. The summed E-state index contributed by atoms with van der Waals surface area (Å²) in [6, 6.07) is 3.25. The average Bonchev–Trinajstić information content (AvgIpc) is 2.45. The van der Waals surface area contributed by atoms with Crippen molar-refractivity contribution in [3.63, 3.8) is 0 Å². The molecule has 2 aromatic rings. The van der Waals surface area contributed by atoms with Crippen molar-refractivity contribution in [2.45, 2.75) is 20.3 Å². The number of methoxy groups -OCH3 is 1. The Kier molecular flexibility index (Phi) is 4.53. The summed E-state index contributed by atoms with van der Waals surface area (Å²) in [6.07, 6.45) is -0.133. The standard InChI is InChI=1S/C15H15ClO5/c1-4-20-13-7-12-9(5-11(13)16)8(2)10(15(18)21-12)6-14(17)19-3/h5,7H,4,6H2,1-3H3. The quantitative estimate of drug-likeness (QED) is 0.641. The second-order valence-corrected chi connectivity index (χ2v) is 4.86. The highest BCUT2D eigenvalue weighted by Crippen LogP contribution is 2.31. The second kappa shape index (κ2) is 6.18. The van der Waals surface area contributed by atoms with Crippen LogP contribution >= 0.6 is 11.6 Å². The molecule has 1 aromatic carbocycles.